The first-order chi connectivity index (χ1) is 11.5. The van der Waals surface area contributed by atoms with E-state index in [9.17, 15) is 14.7 Å². The van der Waals surface area contributed by atoms with Gasteiger partial charge in [0.2, 0.25) is 0 Å². The van der Waals surface area contributed by atoms with Crippen molar-refractivity contribution in [1.82, 2.24) is 10.6 Å². The Morgan fingerprint density at radius 2 is 1.71 bits per heavy atom. The molecule has 0 fully saturated rings. The van der Waals surface area contributed by atoms with Gasteiger partial charge < -0.3 is 15.7 Å². The number of carbonyl (C=O) groups is 2. The molecule has 0 spiro atoms. The third-order valence-electron chi connectivity index (χ3n) is 3.74. The van der Waals surface area contributed by atoms with Gasteiger partial charge in [0, 0.05) is 23.7 Å². The van der Waals surface area contributed by atoms with Gasteiger partial charge in [0.25, 0.3) is 11.8 Å². The number of aromatic hydroxyl groups is 1. The van der Waals surface area contributed by atoms with Crippen LogP contribution in [0.25, 0.3) is 0 Å². The van der Waals surface area contributed by atoms with Crippen LogP contribution in [0.1, 0.15) is 46.5 Å². The fraction of sp³-hybridized carbons (Fsp3) is 0.263. The van der Waals surface area contributed by atoms with Crippen molar-refractivity contribution in [3.05, 3.63) is 65.2 Å². The van der Waals surface area contributed by atoms with Crippen LogP contribution in [0.5, 0.6) is 5.75 Å². The van der Waals surface area contributed by atoms with Gasteiger partial charge in [-0.05, 0) is 49.2 Å². The summed E-state index contributed by atoms with van der Waals surface area (Å²) < 4.78 is 0. The monoisotopic (exact) mass is 326 g/mol. The summed E-state index contributed by atoms with van der Waals surface area (Å²) in [5.74, 6) is -0.350. The molecule has 2 amide bonds. The lowest BCUT2D eigenvalue weighted by molar-refractivity contribution is 0.0936. The summed E-state index contributed by atoms with van der Waals surface area (Å²) in [4.78, 5) is 24.2. The van der Waals surface area contributed by atoms with Crippen molar-refractivity contribution in [1.29, 1.82) is 0 Å². The fourth-order valence-corrected chi connectivity index (χ4v) is 2.16. The lowest BCUT2D eigenvalue weighted by atomic mass is 10.1. The molecule has 3 N–H and O–H groups in total. The predicted molar refractivity (Wildman–Crippen MR) is 92.9 cm³/mol. The molecule has 0 saturated heterocycles. The molecule has 5 nitrogen and oxygen atoms in total. The normalized spacial score (nSPS) is 11.6. The van der Waals surface area contributed by atoms with Crippen molar-refractivity contribution >= 4 is 11.8 Å². The Kier molecular flexibility index (Phi) is 5.95. The summed E-state index contributed by atoms with van der Waals surface area (Å²) in [5, 5.41) is 15.1. The Labute approximate surface area is 141 Å². The number of carbonyl (C=O) groups excluding carboxylic acids is 2. The first-order valence-corrected chi connectivity index (χ1v) is 7.96. The van der Waals surface area contributed by atoms with Gasteiger partial charge >= 0.3 is 0 Å². The Morgan fingerprint density at radius 3 is 2.38 bits per heavy atom. The maximum Gasteiger partial charge on any atom is 0.251 e. The summed E-state index contributed by atoms with van der Waals surface area (Å²) >= 11 is 0. The summed E-state index contributed by atoms with van der Waals surface area (Å²) in [7, 11) is 0. The van der Waals surface area contributed by atoms with Crippen LogP contribution in [0.3, 0.4) is 0 Å². The van der Waals surface area contributed by atoms with E-state index in [0.717, 1.165) is 12.0 Å². The van der Waals surface area contributed by atoms with E-state index in [-0.39, 0.29) is 23.6 Å². The van der Waals surface area contributed by atoms with Crippen molar-refractivity contribution in [2.45, 2.75) is 32.9 Å². The molecule has 0 bridgehead atoms. The van der Waals surface area contributed by atoms with E-state index in [2.05, 4.69) is 10.6 Å². The minimum absolute atomic E-state index is 0.0476. The minimum Gasteiger partial charge on any atom is -0.508 e. The van der Waals surface area contributed by atoms with Gasteiger partial charge in [-0.3, -0.25) is 9.59 Å². The first-order valence-electron chi connectivity index (χ1n) is 7.96. The predicted octanol–water partition coefficient (Wildman–Crippen LogP) is 2.85. The molecule has 0 radical (unpaired) electrons. The zero-order chi connectivity index (χ0) is 17.5. The van der Waals surface area contributed by atoms with Crippen LogP contribution >= 0.6 is 0 Å². The van der Waals surface area contributed by atoms with Gasteiger partial charge in [0.05, 0.1) is 0 Å². The molecule has 0 aromatic heterocycles. The molecule has 126 valence electrons. The molecule has 0 aliphatic heterocycles. The number of benzene rings is 2. The van der Waals surface area contributed by atoms with Crippen molar-refractivity contribution in [2.24, 2.45) is 0 Å². The van der Waals surface area contributed by atoms with Crippen LogP contribution in [0.4, 0.5) is 0 Å². The summed E-state index contributed by atoms with van der Waals surface area (Å²) in [6, 6.07) is 13.4. The van der Waals surface area contributed by atoms with Crippen molar-refractivity contribution in [3.63, 3.8) is 0 Å². The zero-order valence-electron chi connectivity index (χ0n) is 13.9. The van der Waals surface area contributed by atoms with Crippen molar-refractivity contribution in [2.75, 3.05) is 0 Å². The fourth-order valence-electron chi connectivity index (χ4n) is 2.16. The second kappa shape index (κ2) is 8.15. The first kappa shape index (κ1) is 17.5. The third kappa shape index (κ3) is 4.84. The summed E-state index contributed by atoms with van der Waals surface area (Å²) in [6.07, 6.45) is 0.866. The molecule has 2 aromatic carbocycles. The van der Waals surface area contributed by atoms with Crippen molar-refractivity contribution < 1.29 is 14.7 Å². The molecule has 1 atom stereocenters. The zero-order valence-corrected chi connectivity index (χ0v) is 13.9. The number of amides is 2. The van der Waals surface area contributed by atoms with E-state index < -0.39 is 0 Å². The Hall–Kier alpha value is -2.82. The molecule has 2 rings (SSSR count). The molecule has 5 heteroatoms. The van der Waals surface area contributed by atoms with Gasteiger partial charge in [-0.1, -0.05) is 25.1 Å². The summed E-state index contributed by atoms with van der Waals surface area (Å²) in [5.41, 5.74) is 1.79. The highest BCUT2D eigenvalue weighted by molar-refractivity contribution is 5.95. The molecule has 0 saturated carbocycles. The van der Waals surface area contributed by atoms with Crippen LogP contribution in [0.2, 0.25) is 0 Å². The summed E-state index contributed by atoms with van der Waals surface area (Å²) in [6.45, 7) is 4.27. The number of phenolic OH excluding ortho intramolecular Hbond substituents is 1. The van der Waals surface area contributed by atoms with E-state index in [1.807, 2.05) is 19.9 Å². The second-order valence-electron chi connectivity index (χ2n) is 5.72. The Balaban J connectivity index is 1.99. The number of hydrogen-bond acceptors (Lipinski definition) is 3. The van der Waals surface area contributed by atoms with Crippen LogP contribution < -0.4 is 10.6 Å². The number of nitrogens with one attached hydrogen (secondary N) is 2. The van der Waals surface area contributed by atoms with Crippen LogP contribution in [-0.2, 0) is 6.54 Å². The number of hydrogen-bond donors (Lipinski definition) is 3. The highest BCUT2D eigenvalue weighted by Crippen LogP contribution is 2.11. The lowest BCUT2D eigenvalue weighted by Crippen LogP contribution is -2.32. The van der Waals surface area contributed by atoms with Crippen LogP contribution in [0, 0.1) is 0 Å². The number of phenols is 1. The second-order valence-corrected chi connectivity index (χ2v) is 5.72. The standard InChI is InChI=1S/C19H22N2O3/c1-3-13(2)21-19(24)15-7-4-6-14(10-15)12-20-18(23)16-8-5-9-17(22)11-16/h4-11,13,22H,3,12H2,1-2H3,(H,20,23)(H,21,24)/t13-/m0/s1. The smallest absolute Gasteiger partial charge is 0.251 e. The van der Waals surface area contributed by atoms with E-state index in [1.165, 1.54) is 12.1 Å². The maximum absolute atomic E-state index is 12.1. The molecule has 0 aliphatic rings. The van der Waals surface area contributed by atoms with Gasteiger partial charge in [0.15, 0.2) is 0 Å². The SMILES string of the molecule is CC[C@H](C)NC(=O)c1cccc(CNC(=O)c2cccc(O)c2)c1. The average Bonchev–Trinajstić information content (AvgIpc) is 2.59. The topological polar surface area (TPSA) is 78.4 Å². The average molecular weight is 326 g/mol. The molecule has 24 heavy (non-hydrogen) atoms. The molecular formula is C19H22N2O3. The highest BCUT2D eigenvalue weighted by atomic mass is 16.3. The largest absolute Gasteiger partial charge is 0.508 e. The number of rotatable bonds is 6. The lowest BCUT2D eigenvalue weighted by Gasteiger charge is -2.12. The van der Waals surface area contributed by atoms with E-state index >= 15 is 0 Å². The molecule has 0 aliphatic carbocycles. The van der Waals surface area contributed by atoms with Crippen LogP contribution in [0.15, 0.2) is 48.5 Å². The maximum atomic E-state index is 12.1. The van der Waals surface area contributed by atoms with E-state index in [0.29, 0.717) is 17.7 Å². The van der Waals surface area contributed by atoms with Crippen molar-refractivity contribution in [3.8, 4) is 5.75 Å². The molecule has 0 heterocycles. The Bertz CT molecular complexity index is 728. The molecule has 2 aromatic rings. The quantitative estimate of drug-likeness (QED) is 0.764. The van der Waals surface area contributed by atoms with E-state index in [1.54, 1.807) is 30.3 Å². The van der Waals surface area contributed by atoms with Crippen LogP contribution in [-0.4, -0.2) is 23.0 Å². The van der Waals surface area contributed by atoms with Gasteiger partial charge in [0.1, 0.15) is 5.75 Å². The Morgan fingerprint density at radius 1 is 1.04 bits per heavy atom. The minimum atomic E-state index is -0.277. The van der Waals surface area contributed by atoms with Gasteiger partial charge in [-0.15, -0.1) is 0 Å². The molecular weight excluding hydrogens is 304 g/mol. The third-order valence-corrected chi connectivity index (χ3v) is 3.74. The van der Waals surface area contributed by atoms with Gasteiger partial charge in [-0.2, -0.15) is 0 Å². The molecule has 0 unspecified atom stereocenters. The van der Waals surface area contributed by atoms with E-state index in [4.69, 9.17) is 0 Å². The van der Waals surface area contributed by atoms with Gasteiger partial charge in [-0.25, -0.2) is 0 Å². The highest BCUT2D eigenvalue weighted by Gasteiger charge is 2.10.